The number of anilines is 2. The molecule has 1 N–H and O–H groups in total. The van der Waals surface area contributed by atoms with Crippen molar-refractivity contribution in [2.75, 3.05) is 50.1 Å². The Bertz CT molecular complexity index is 864. The van der Waals surface area contributed by atoms with Gasteiger partial charge in [-0.3, -0.25) is 4.72 Å². The number of morpholine rings is 1. The fourth-order valence-electron chi connectivity index (χ4n) is 2.79. The summed E-state index contributed by atoms with van der Waals surface area (Å²) in [4.78, 5) is 2.18. The molecule has 3 rings (SSSR count). The van der Waals surface area contributed by atoms with Gasteiger partial charge in [0, 0.05) is 24.8 Å². The SMILES string of the molecule is COc1ccc(OC)c(S(=O)(=O)Nc2cccc(N3CCOCC3)c2)c1. The molecule has 140 valence electrons. The average Bonchev–Trinajstić information content (AvgIpc) is 2.68. The lowest BCUT2D eigenvalue weighted by molar-refractivity contribution is 0.122. The molecule has 0 atom stereocenters. The van der Waals surface area contributed by atoms with E-state index in [1.807, 2.05) is 18.2 Å². The first-order valence-corrected chi connectivity index (χ1v) is 9.69. The molecule has 1 heterocycles. The van der Waals surface area contributed by atoms with Crippen LogP contribution in [0.1, 0.15) is 0 Å². The highest BCUT2D eigenvalue weighted by Gasteiger charge is 2.21. The smallest absolute Gasteiger partial charge is 0.265 e. The Morgan fingerprint density at radius 2 is 1.81 bits per heavy atom. The standard InChI is InChI=1S/C18H22N2O5S/c1-23-16-6-7-17(24-2)18(13-16)26(21,22)19-14-4-3-5-15(12-14)20-8-10-25-11-9-20/h3-7,12-13,19H,8-11H2,1-2H3. The lowest BCUT2D eigenvalue weighted by Crippen LogP contribution is -2.36. The number of hydrogen-bond donors (Lipinski definition) is 1. The number of hydrogen-bond acceptors (Lipinski definition) is 6. The van der Waals surface area contributed by atoms with E-state index in [-0.39, 0.29) is 10.6 Å². The highest BCUT2D eigenvalue weighted by Crippen LogP contribution is 2.30. The molecule has 0 radical (unpaired) electrons. The van der Waals surface area contributed by atoms with Gasteiger partial charge in [-0.1, -0.05) is 6.07 Å². The van der Waals surface area contributed by atoms with Gasteiger partial charge < -0.3 is 19.1 Å². The zero-order chi connectivity index (χ0) is 18.6. The first-order valence-electron chi connectivity index (χ1n) is 8.21. The van der Waals surface area contributed by atoms with Gasteiger partial charge in [-0.25, -0.2) is 8.42 Å². The van der Waals surface area contributed by atoms with Gasteiger partial charge >= 0.3 is 0 Å². The van der Waals surface area contributed by atoms with Crippen LogP contribution in [0.5, 0.6) is 11.5 Å². The Hall–Kier alpha value is -2.45. The number of benzene rings is 2. The van der Waals surface area contributed by atoms with Crippen molar-refractivity contribution in [1.82, 2.24) is 0 Å². The van der Waals surface area contributed by atoms with Crippen LogP contribution in [0, 0.1) is 0 Å². The second kappa shape index (κ2) is 7.84. The minimum atomic E-state index is -3.83. The van der Waals surface area contributed by atoms with Crippen molar-refractivity contribution >= 4 is 21.4 Å². The largest absolute Gasteiger partial charge is 0.497 e. The minimum absolute atomic E-state index is 0.0242. The summed E-state index contributed by atoms with van der Waals surface area (Å²) in [6.45, 7) is 2.88. The lowest BCUT2D eigenvalue weighted by atomic mass is 10.2. The summed E-state index contributed by atoms with van der Waals surface area (Å²) in [5.41, 5.74) is 1.44. The Labute approximate surface area is 153 Å². The molecule has 0 spiro atoms. The molecule has 2 aromatic rings. The summed E-state index contributed by atoms with van der Waals surface area (Å²) in [6, 6.07) is 12.0. The molecule has 1 aliphatic heterocycles. The zero-order valence-corrected chi connectivity index (χ0v) is 15.6. The maximum Gasteiger partial charge on any atom is 0.265 e. The maximum absolute atomic E-state index is 12.9. The van der Waals surface area contributed by atoms with E-state index in [1.165, 1.54) is 20.3 Å². The fraction of sp³-hybridized carbons (Fsp3) is 0.333. The Morgan fingerprint density at radius 1 is 1.04 bits per heavy atom. The van der Waals surface area contributed by atoms with Gasteiger partial charge in [-0.2, -0.15) is 0 Å². The van der Waals surface area contributed by atoms with E-state index >= 15 is 0 Å². The first kappa shape index (κ1) is 18.3. The number of sulfonamides is 1. The Balaban J connectivity index is 1.88. The molecule has 8 heteroatoms. The number of ether oxygens (including phenoxy) is 3. The summed E-state index contributed by atoms with van der Waals surface area (Å²) in [6.07, 6.45) is 0. The zero-order valence-electron chi connectivity index (χ0n) is 14.8. The van der Waals surface area contributed by atoms with Gasteiger partial charge in [0.2, 0.25) is 0 Å². The monoisotopic (exact) mass is 378 g/mol. The van der Waals surface area contributed by atoms with Gasteiger partial charge in [-0.05, 0) is 30.3 Å². The molecule has 0 aromatic heterocycles. The molecule has 0 saturated carbocycles. The highest BCUT2D eigenvalue weighted by molar-refractivity contribution is 7.92. The third-order valence-electron chi connectivity index (χ3n) is 4.13. The van der Waals surface area contributed by atoms with Gasteiger partial charge in [0.25, 0.3) is 10.0 Å². The van der Waals surface area contributed by atoms with Crippen molar-refractivity contribution in [2.45, 2.75) is 4.90 Å². The average molecular weight is 378 g/mol. The molecule has 0 aliphatic carbocycles. The number of nitrogens with zero attached hydrogens (tertiary/aromatic N) is 1. The predicted octanol–water partition coefficient (Wildman–Crippen LogP) is 2.34. The van der Waals surface area contributed by atoms with Crippen molar-refractivity contribution in [3.8, 4) is 11.5 Å². The predicted molar refractivity (Wildman–Crippen MR) is 99.8 cm³/mol. The fourth-order valence-corrected chi connectivity index (χ4v) is 4.03. The molecule has 26 heavy (non-hydrogen) atoms. The van der Waals surface area contributed by atoms with Crippen LogP contribution in [0.15, 0.2) is 47.4 Å². The van der Waals surface area contributed by atoms with Crippen molar-refractivity contribution < 1.29 is 22.6 Å². The minimum Gasteiger partial charge on any atom is -0.497 e. The van der Waals surface area contributed by atoms with Crippen LogP contribution < -0.4 is 19.1 Å². The number of nitrogens with one attached hydrogen (secondary N) is 1. The van der Waals surface area contributed by atoms with Crippen LogP contribution in [-0.2, 0) is 14.8 Å². The van der Waals surface area contributed by atoms with E-state index in [1.54, 1.807) is 18.2 Å². The van der Waals surface area contributed by atoms with E-state index in [4.69, 9.17) is 14.2 Å². The van der Waals surface area contributed by atoms with E-state index in [0.29, 0.717) is 24.7 Å². The Kier molecular flexibility index (Phi) is 5.53. The van der Waals surface area contributed by atoms with Crippen molar-refractivity contribution in [3.05, 3.63) is 42.5 Å². The quantitative estimate of drug-likeness (QED) is 0.831. The van der Waals surface area contributed by atoms with Crippen LogP contribution >= 0.6 is 0 Å². The van der Waals surface area contributed by atoms with Gasteiger partial charge in [0.15, 0.2) is 0 Å². The van der Waals surface area contributed by atoms with Crippen LogP contribution in [0.4, 0.5) is 11.4 Å². The second-order valence-corrected chi connectivity index (χ2v) is 7.42. The van der Waals surface area contributed by atoms with Gasteiger partial charge in [-0.15, -0.1) is 0 Å². The summed E-state index contributed by atoms with van der Waals surface area (Å²) < 4.78 is 44.0. The van der Waals surface area contributed by atoms with Crippen LogP contribution in [-0.4, -0.2) is 48.9 Å². The number of methoxy groups -OCH3 is 2. The first-order chi connectivity index (χ1) is 12.5. The molecular formula is C18H22N2O5S. The molecule has 0 amide bonds. The molecule has 7 nitrogen and oxygen atoms in total. The van der Waals surface area contributed by atoms with E-state index in [9.17, 15) is 8.42 Å². The van der Waals surface area contributed by atoms with E-state index < -0.39 is 10.0 Å². The molecule has 1 fully saturated rings. The van der Waals surface area contributed by atoms with Gasteiger partial charge in [0.05, 0.1) is 33.1 Å². The van der Waals surface area contributed by atoms with Crippen LogP contribution in [0.2, 0.25) is 0 Å². The molecular weight excluding hydrogens is 356 g/mol. The van der Waals surface area contributed by atoms with Crippen LogP contribution in [0.25, 0.3) is 0 Å². The third-order valence-corrected chi connectivity index (χ3v) is 5.54. The maximum atomic E-state index is 12.9. The van der Waals surface area contributed by atoms with Crippen LogP contribution in [0.3, 0.4) is 0 Å². The number of rotatable bonds is 6. The lowest BCUT2D eigenvalue weighted by Gasteiger charge is -2.29. The molecule has 0 bridgehead atoms. The summed E-state index contributed by atoms with van der Waals surface area (Å²) in [7, 11) is -0.920. The van der Waals surface area contributed by atoms with E-state index in [0.717, 1.165) is 18.8 Å². The van der Waals surface area contributed by atoms with E-state index in [2.05, 4.69) is 9.62 Å². The molecule has 1 saturated heterocycles. The summed E-state index contributed by atoms with van der Waals surface area (Å²) in [5, 5.41) is 0. The molecule has 1 aliphatic rings. The van der Waals surface area contributed by atoms with Crippen molar-refractivity contribution in [1.29, 1.82) is 0 Å². The van der Waals surface area contributed by atoms with Gasteiger partial charge in [0.1, 0.15) is 16.4 Å². The molecule has 0 unspecified atom stereocenters. The summed E-state index contributed by atoms with van der Waals surface area (Å²) in [5.74, 6) is 0.691. The normalized spacial score (nSPS) is 14.8. The highest BCUT2D eigenvalue weighted by atomic mass is 32.2. The Morgan fingerprint density at radius 3 is 2.50 bits per heavy atom. The van der Waals surface area contributed by atoms with Crippen molar-refractivity contribution in [3.63, 3.8) is 0 Å². The van der Waals surface area contributed by atoms with Crippen molar-refractivity contribution in [2.24, 2.45) is 0 Å². The second-order valence-electron chi connectivity index (χ2n) is 5.77. The topological polar surface area (TPSA) is 77.1 Å². The molecule has 2 aromatic carbocycles. The third kappa shape index (κ3) is 4.03. The summed E-state index contributed by atoms with van der Waals surface area (Å²) >= 11 is 0.